The molecule has 1 unspecified atom stereocenters. The minimum absolute atomic E-state index is 0. The van der Waals surface area contributed by atoms with E-state index < -0.39 is 10.0 Å². The van der Waals surface area contributed by atoms with E-state index in [-0.39, 0.29) is 35.9 Å². The van der Waals surface area contributed by atoms with Crippen LogP contribution in [0.4, 0.5) is 0 Å². The zero-order valence-electron chi connectivity index (χ0n) is 14.5. The topological polar surface area (TPSA) is 114 Å². The molecular formula is C14H22ClN7O3S. The highest BCUT2D eigenvalue weighted by atomic mass is 35.5. The van der Waals surface area contributed by atoms with Gasteiger partial charge in [-0.1, -0.05) is 0 Å². The van der Waals surface area contributed by atoms with Crippen LogP contribution in [0.25, 0.3) is 0 Å². The Balaban J connectivity index is 0.00000243. The number of hydrogen-bond donors (Lipinski definition) is 2. The van der Waals surface area contributed by atoms with Gasteiger partial charge >= 0.3 is 0 Å². The largest absolute Gasteiger partial charge is 0.339 e. The van der Waals surface area contributed by atoms with Crippen LogP contribution in [0.3, 0.4) is 0 Å². The summed E-state index contributed by atoms with van der Waals surface area (Å²) in [5, 5.41) is 3.13. The van der Waals surface area contributed by atoms with Gasteiger partial charge in [0.05, 0.1) is 12.9 Å². The Labute approximate surface area is 158 Å². The van der Waals surface area contributed by atoms with Crippen LogP contribution in [0.15, 0.2) is 29.9 Å². The van der Waals surface area contributed by atoms with E-state index in [1.54, 1.807) is 18.1 Å². The van der Waals surface area contributed by atoms with Crippen LogP contribution >= 0.6 is 12.4 Å². The van der Waals surface area contributed by atoms with Crippen LogP contribution in [-0.4, -0.2) is 64.5 Å². The second-order valence-electron chi connectivity index (χ2n) is 5.91. The number of aromatic nitrogens is 4. The van der Waals surface area contributed by atoms with Gasteiger partial charge in [0.2, 0.25) is 5.91 Å². The lowest BCUT2D eigenvalue weighted by atomic mass is 10.1. The number of nitrogens with zero attached hydrogens (tertiary/aromatic N) is 5. The summed E-state index contributed by atoms with van der Waals surface area (Å²) < 4.78 is 30.1. The number of carbonyl (C=O) groups excluding carboxylic acids is 1. The standard InChI is InChI=1S/C14H21N7O3S.ClH/c1-19-9-12(17-10-19)25(23,24)18-8-13(22)21-6-3-15-7-11(21)14-16-4-5-20(14)2;/h4-5,9-11,15,18H,3,6-8H2,1-2H3;1H. The van der Waals surface area contributed by atoms with Crippen LogP contribution in [-0.2, 0) is 28.9 Å². The molecule has 2 N–H and O–H groups in total. The highest BCUT2D eigenvalue weighted by Gasteiger charge is 2.31. The molecule has 1 fully saturated rings. The Hall–Kier alpha value is -1.95. The molecule has 2 aromatic heterocycles. The maximum absolute atomic E-state index is 12.6. The molecule has 10 nitrogen and oxygen atoms in total. The number of sulfonamides is 1. The Bertz CT molecular complexity index is 864. The number of hydrogen-bond acceptors (Lipinski definition) is 6. The first-order chi connectivity index (χ1) is 11.9. The first-order valence-electron chi connectivity index (χ1n) is 7.83. The lowest BCUT2D eigenvalue weighted by molar-refractivity contribution is -0.133. The molecule has 0 aromatic carbocycles. The van der Waals surface area contributed by atoms with Gasteiger partial charge in [-0.15, -0.1) is 12.4 Å². The average Bonchev–Trinajstić information content (AvgIpc) is 3.21. The molecule has 0 spiro atoms. The maximum atomic E-state index is 12.6. The molecule has 0 radical (unpaired) electrons. The fourth-order valence-corrected chi connectivity index (χ4v) is 3.74. The molecular weight excluding hydrogens is 382 g/mol. The molecule has 144 valence electrons. The van der Waals surface area contributed by atoms with Crippen molar-refractivity contribution >= 4 is 28.3 Å². The normalized spacial score (nSPS) is 17.8. The minimum atomic E-state index is -3.82. The second-order valence-corrected chi connectivity index (χ2v) is 7.62. The highest BCUT2D eigenvalue weighted by molar-refractivity contribution is 7.89. The monoisotopic (exact) mass is 403 g/mol. The zero-order valence-corrected chi connectivity index (χ0v) is 16.1. The van der Waals surface area contributed by atoms with Gasteiger partial charge in [-0.25, -0.2) is 23.1 Å². The predicted molar refractivity (Wildman–Crippen MR) is 96.2 cm³/mol. The fourth-order valence-electron chi connectivity index (χ4n) is 2.79. The van der Waals surface area contributed by atoms with Crippen LogP contribution in [0, 0.1) is 0 Å². The quantitative estimate of drug-likeness (QED) is 0.663. The number of rotatable bonds is 5. The number of piperazine rings is 1. The summed E-state index contributed by atoms with van der Waals surface area (Å²) in [5.74, 6) is 0.460. The third kappa shape index (κ3) is 4.23. The Morgan fingerprint density at radius 3 is 2.77 bits per heavy atom. The Morgan fingerprint density at radius 1 is 1.38 bits per heavy atom. The molecule has 3 rings (SSSR count). The van der Waals surface area contributed by atoms with Gasteiger partial charge in [-0.3, -0.25) is 4.79 Å². The van der Waals surface area contributed by atoms with Crippen molar-refractivity contribution in [3.8, 4) is 0 Å². The number of carbonyl (C=O) groups is 1. The van der Waals surface area contributed by atoms with Crippen LogP contribution < -0.4 is 10.0 Å². The molecule has 0 aliphatic carbocycles. The van der Waals surface area contributed by atoms with E-state index in [9.17, 15) is 13.2 Å². The molecule has 3 heterocycles. The number of imidazole rings is 2. The minimum Gasteiger partial charge on any atom is -0.339 e. The lowest BCUT2D eigenvalue weighted by Crippen LogP contribution is -2.52. The summed E-state index contributed by atoms with van der Waals surface area (Å²) in [7, 11) is -0.278. The SMILES string of the molecule is Cl.Cn1cnc(S(=O)(=O)NCC(=O)N2CCNCC2c2nccn2C)c1. The van der Waals surface area contributed by atoms with Crippen LogP contribution in [0.2, 0.25) is 0 Å². The highest BCUT2D eigenvalue weighted by Crippen LogP contribution is 2.20. The smallest absolute Gasteiger partial charge is 0.260 e. The Kier molecular flexibility index (Phi) is 6.39. The van der Waals surface area contributed by atoms with Crippen LogP contribution in [0.5, 0.6) is 0 Å². The third-order valence-corrected chi connectivity index (χ3v) is 5.38. The van der Waals surface area contributed by atoms with E-state index in [0.717, 1.165) is 5.82 Å². The summed E-state index contributed by atoms with van der Waals surface area (Å²) >= 11 is 0. The lowest BCUT2D eigenvalue weighted by Gasteiger charge is -2.35. The van der Waals surface area contributed by atoms with Crippen molar-refractivity contribution in [2.45, 2.75) is 11.1 Å². The van der Waals surface area contributed by atoms with Gasteiger partial charge in [0.1, 0.15) is 11.9 Å². The van der Waals surface area contributed by atoms with Gasteiger partial charge in [0.15, 0.2) is 5.03 Å². The summed E-state index contributed by atoms with van der Waals surface area (Å²) in [4.78, 5) is 22.4. The first-order valence-corrected chi connectivity index (χ1v) is 9.32. The van der Waals surface area contributed by atoms with E-state index in [0.29, 0.717) is 19.6 Å². The summed E-state index contributed by atoms with van der Waals surface area (Å²) in [5.41, 5.74) is 0. The number of halogens is 1. The third-order valence-electron chi connectivity index (χ3n) is 4.09. The molecule has 2 aromatic rings. The summed E-state index contributed by atoms with van der Waals surface area (Å²) in [6.07, 6.45) is 6.27. The van der Waals surface area contributed by atoms with Gasteiger partial charge in [-0.2, -0.15) is 0 Å². The number of aryl methyl sites for hydroxylation is 2. The fraction of sp³-hybridized carbons (Fsp3) is 0.500. The molecule has 0 saturated carbocycles. The van der Waals surface area contributed by atoms with Crippen molar-refractivity contribution in [2.24, 2.45) is 14.1 Å². The molecule has 1 saturated heterocycles. The van der Waals surface area contributed by atoms with Gasteiger partial charge < -0.3 is 19.4 Å². The van der Waals surface area contributed by atoms with E-state index in [1.165, 1.54) is 17.1 Å². The van der Waals surface area contributed by atoms with E-state index in [4.69, 9.17) is 0 Å². The van der Waals surface area contributed by atoms with Crippen molar-refractivity contribution in [2.75, 3.05) is 26.2 Å². The average molecular weight is 404 g/mol. The molecule has 0 bridgehead atoms. The van der Waals surface area contributed by atoms with Gasteiger partial charge in [0.25, 0.3) is 10.0 Å². The van der Waals surface area contributed by atoms with Gasteiger partial charge in [0, 0.05) is 52.3 Å². The first kappa shape index (κ1) is 20.4. The predicted octanol–water partition coefficient (Wildman–Crippen LogP) is -0.973. The Morgan fingerprint density at radius 2 is 2.15 bits per heavy atom. The molecule has 26 heavy (non-hydrogen) atoms. The summed E-state index contributed by atoms with van der Waals surface area (Å²) in [6, 6.07) is -0.236. The van der Waals surface area contributed by atoms with Crippen molar-refractivity contribution in [3.63, 3.8) is 0 Å². The maximum Gasteiger partial charge on any atom is 0.260 e. The molecule has 12 heteroatoms. The van der Waals surface area contributed by atoms with Crippen molar-refractivity contribution in [3.05, 3.63) is 30.7 Å². The number of nitrogens with one attached hydrogen (secondary N) is 2. The van der Waals surface area contributed by atoms with Crippen molar-refractivity contribution in [1.29, 1.82) is 0 Å². The zero-order chi connectivity index (χ0) is 18.0. The number of amides is 1. The molecule has 1 atom stereocenters. The van der Waals surface area contributed by atoms with Crippen LogP contribution in [0.1, 0.15) is 11.9 Å². The van der Waals surface area contributed by atoms with Crippen molar-refractivity contribution < 1.29 is 13.2 Å². The second kappa shape index (κ2) is 8.16. The molecule has 1 aliphatic rings. The summed E-state index contributed by atoms with van der Waals surface area (Å²) in [6.45, 7) is 1.39. The molecule has 1 aliphatic heterocycles. The van der Waals surface area contributed by atoms with Gasteiger partial charge in [-0.05, 0) is 0 Å². The molecule has 1 amide bonds. The van der Waals surface area contributed by atoms with E-state index in [2.05, 4.69) is 20.0 Å². The van der Waals surface area contributed by atoms with E-state index in [1.807, 2.05) is 17.8 Å². The van der Waals surface area contributed by atoms with E-state index >= 15 is 0 Å². The van der Waals surface area contributed by atoms with Crippen molar-refractivity contribution in [1.82, 2.24) is 34.0 Å².